The highest BCUT2D eigenvalue weighted by atomic mass is 16.5. The minimum atomic E-state index is -0.142. The fourth-order valence-electron chi connectivity index (χ4n) is 1.82. The first-order chi connectivity index (χ1) is 6.63. The van der Waals surface area contributed by atoms with Crippen molar-refractivity contribution < 1.29 is 9.53 Å². The lowest BCUT2D eigenvalue weighted by Gasteiger charge is -2.13. The van der Waals surface area contributed by atoms with Gasteiger partial charge in [0, 0.05) is 25.2 Å². The van der Waals surface area contributed by atoms with E-state index < -0.39 is 0 Å². The SMILES string of the molecule is COC(=O)CCNC1CC(C)N(C)C1. The predicted octanol–water partition coefficient (Wildman–Crippen LogP) is 0.232. The van der Waals surface area contributed by atoms with Crippen LogP contribution in [0.5, 0.6) is 0 Å². The summed E-state index contributed by atoms with van der Waals surface area (Å²) in [6.45, 7) is 4.02. The molecule has 14 heavy (non-hydrogen) atoms. The number of likely N-dealkylation sites (N-methyl/N-ethyl adjacent to an activating group) is 1. The highest BCUT2D eigenvalue weighted by Gasteiger charge is 2.25. The number of nitrogens with one attached hydrogen (secondary N) is 1. The molecule has 0 aromatic rings. The first-order valence-electron chi connectivity index (χ1n) is 5.14. The van der Waals surface area contributed by atoms with Crippen LogP contribution < -0.4 is 5.32 Å². The number of esters is 1. The Bertz CT molecular complexity index is 187. The fourth-order valence-corrected chi connectivity index (χ4v) is 1.82. The molecule has 2 atom stereocenters. The van der Waals surface area contributed by atoms with E-state index in [1.807, 2.05) is 0 Å². The maximum absolute atomic E-state index is 10.8. The third kappa shape index (κ3) is 3.27. The van der Waals surface area contributed by atoms with Crippen LogP contribution in [-0.4, -0.2) is 50.2 Å². The molecule has 1 N–H and O–H groups in total. The molecule has 1 heterocycles. The van der Waals surface area contributed by atoms with Crippen LogP contribution in [0.3, 0.4) is 0 Å². The van der Waals surface area contributed by atoms with Crippen molar-refractivity contribution in [3.63, 3.8) is 0 Å². The van der Waals surface area contributed by atoms with Gasteiger partial charge < -0.3 is 15.0 Å². The predicted molar refractivity (Wildman–Crippen MR) is 55.1 cm³/mol. The topological polar surface area (TPSA) is 41.6 Å². The van der Waals surface area contributed by atoms with Gasteiger partial charge >= 0.3 is 5.97 Å². The lowest BCUT2D eigenvalue weighted by atomic mass is 10.2. The number of carbonyl (C=O) groups is 1. The van der Waals surface area contributed by atoms with E-state index in [2.05, 4.69) is 28.9 Å². The zero-order valence-corrected chi connectivity index (χ0v) is 9.25. The second-order valence-corrected chi connectivity index (χ2v) is 4.00. The van der Waals surface area contributed by atoms with Gasteiger partial charge in [0.25, 0.3) is 0 Å². The van der Waals surface area contributed by atoms with Crippen LogP contribution in [0, 0.1) is 0 Å². The molecule has 0 spiro atoms. The highest BCUT2D eigenvalue weighted by Crippen LogP contribution is 2.14. The molecule has 2 unspecified atom stereocenters. The second-order valence-electron chi connectivity index (χ2n) is 4.00. The molecule has 0 bridgehead atoms. The van der Waals surface area contributed by atoms with Crippen molar-refractivity contribution in [3.05, 3.63) is 0 Å². The molecule has 1 aliphatic heterocycles. The minimum absolute atomic E-state index is 0.142. The molecule has 0 amide bonds. The van der Waals surface area contributed by atoms with Gasteiger partial charge in [-0.15, -0.1) is 0 Å². The molecule has 1 fully saturated rings. The summed E-state index contributed by atoms with van der Waals surface area (Å²) in [4.78, 5) is 13.2. The van der Waals surface area contributed by atoms with Crippen molar-refractivity contribution in [2.75, 3.05) is 27.2 Å². The monoisotopic (exact) mass is 200 g/mol. The van der Waals surface area contributed by atoms with E-state index in [-0.39, 0.29) is 5.97 Å². The summed E-state index contributed by atoms with van der Waals surface area (Å²) in [6.07, 6.45) is 1.63. The zero-order chi connectivity index (χ0) is 10.6. The number of hydrogen-bond donors (Lipinski definition) is 1. The third-order valence-electron chi connectivity index (χ3n) is 2.88. The molecule has 1 rings (SSSR count). The number of hydrogen-bond acceptors (Lipinski definition) is 4. The smallest absolute Gasteiger partial charge is 0.306 e. The number of nitrogens with zero attached hydrogens (tertiary/aromatic N) is 1. The standard InChI is InChI=1S/C10H20N2O2/c1-8-6-9(7-12(8)2)11-5-4-10(13)14-3/h8-9,11H,4-7H2,1-3H3. The van der Waals surface area contributed by atoms with Crippen molar-refractivity contribution in [2.24, 2.45) is 0 Å². The maximum atomic E-state index is 10.8. The van der Waals surface area contributed by atoms with Crippen LogP contribution in [-0.2, 0) is 9.53 Å². The van der Waals surface area contributed by atoms with Crippen molar-refractivity contribution >= 4 is 5.97 Å². The molecular formula is C10H20N2O2. The van der Waals surface area contributed by atoms with Gasteiger partial charge in [0.15, 0.2) is 0 Å². The van der Waals surface area contributed by atoms with E-state index in [9.17, 15) is 4.79 Å². The van der Waals surface area contributed by atoms with Crippen LogP contribution in [0.2, 0.25) is 0 Å². The molecule has 0 aromatic heterocycles. The Morgan fingerprint density at radius 3 is 2.86 bits per heavy atom. The quantitative estimate of drug-likeness (QED) is 0.660. The highest BCUT2D eigenvalue weighted by molar-refractivity contribution is 5.69. The molecule has 4 nitrogen and oxygen atoms in total. The number of carbonyl (C=O) groups excluding carboxylic acids is 1. The van der Waals surface area contributed by atoms with Gasteiger partial charge in [-0.05, 0) is 20.4 Å². The molecule has 0 aromatic carbocycles. The Hall–Kier alpha value is -0.610. The second kappa shape index (κ2) is 5.32. The Balaban J connectivity index is 2.11. The van der Waals surface area contributed by atoms with Gasteiger partial charge in [-0.1, -0.05) is 0 Å². The largest absolute Gasteiger partial charge is 0.469 e. The molecule has 1 aliphatic rings. The van der Waals surface area contributed by atoms with Crippen LogP contribution >= 0.6 is 0 Å². The van der Waals surface area contributed by atoms with Crippen molar-refractivity contribution in [1.29, 1.82) is 0 Å². The van der Waals surface area contributed by atoms with Crippen LogP contribution in [0.15, 0.2) is 0 Å². The number of ether oxygens (including phenoxy) is 1. The summed E-state index contributed by atoms with van der Waals surface area (Å²) in [5.74, 6) is -0.142. The summed E-state index contributed by atoms with van der Waals surface area (Å²) in [6, 6.07) is 1.17. The molecule has 0 radical (unpaired) electrons. The van der Waals surface area contributed by atoms with Crippen LogP contribution in [0.1, 0.15) is 19.8 Å². The maximum Gasteiger partial charge on any atom is 0.306 e. The van der Waals surface area contributed by atoms with E-state index in [0.717, 1.165) is 19.5 Å². The fraction of sp³-hybridized carbons (Fsp3) is 0.900. The zero-order valence-electron chi connectivity index (χ0n) is 9.25. The molecule has 82 valence electrons. The van der Waals surface area contributed by atoms with Crippen LogP contribution in [0.4, 0.5) is 0 Å². The Morgan fingerprint density at radius 1 is 1.64 bits per heavy atom. The lowest BCUT2D eigenvalue weighted by molar-refractivity contribution is -0.140. The number of methoxy groups -OCH3 is 1. The molecular weight excluding hydrogens is 180 g/mol. The molecule has 4 heteroatoms. The van der Waals surface area contributed by atoms with Gasteiger partial charge in [-0.3, -0.25) is 4.79 Å². The average Bonchev–Trinajstić information content (AvgIpc) is 2.46. The Kier molecular flexibility index (Phi) is 4.35. The summed E-state index contributed by atoms with van der Waals surface area (Å²) in [5.41, 5.74) is 0. The van der Waals surface area contributed by atoms with E-state index in [0.29, 0.717) is 18.5 Å². The van der Waals surface area contributed by atoms with Crippen molar-refractivity contribution in [3.8, 4) is 0 Å². The van der Waals surface area contributed by atoms with E-state index in [1.165, 1.54) is 7.11 Å². The van der Waals surface area contributed by atoms with Crippen molar-refractivity contribution in [2.45, 2.75) is 31.8 Å². The molecule has 0 saturated carbocycles. The van der Waals surface area contributed by atoms with E-state index in [4.69, 9.17) is 0 Å². The average molecular weight is 200 g/mol. The van der Waals surface area contributed by atoms with E-state index in [1.54, 1.807) is 0 Å². The van der Waals surface area contributed by atoms with Gasteiger partial charge in [0.05, 0.1) is 13.5 Å². The summed E-state index contributed by atoms with van der Waals surface area (Å²) < 4.78 is 4.57. The number of likely N-dealkylation sites (tertiary alicyclic amines) is 1. The van der Waals surface area contributed by atoms with Crippen LogP contribution in [0.25, 0.3) is 0 Å². The van der Waals surface area contributed by atoms with Gasteiger partial charge in [-0.25, -0.2) is 0 Å². The molecule has 0 aliphatic carbocycles. The van der Waals surface area contributed by atoms with Crippen molar-refractivity contribution in [1.82, 2.24) is 10.2 Å². The van der Waals surface area contributed by atoms with Gasteiger partial charge in [-0.2, -0.15) is 0 Å². The first-order valence-corrected chi connectivity index (χ1v) is 5.14. The first kappa shape index (κ1) is 11.5. The molecule has 1 saturated heterocycles. The summed E-state index contributed by atoms with van der Waals surface area (Å²) >= 11 is 0. The normalized spacial score (nSPS) is 27.9. The minimum Gasteiger partial charge on any atom is -0.469 e. The van der Waals surface area contributed by atoms with Gasteiger partial charge in [0.1, 0.15) is 0 Å². The third-order valence-corrected chi connectivity index (χ3v) is 2.88. The summed E-state index contributed by atoms with van der Waals surface area (Å²) in [7, 11) is 3.56. The Morgan fingerprint density at radius 2 is 2.36 bits per heavy atom. The van der Waals surface area contributed by atoms with E-state index >= 15 is 0 Å². The summed E-state index contributed by atoms with van der Waals surface area (Å²) in [5, 5.41) is 3.37. The lowest BCUT2D eigenvalue weighted by Crippen LogP contribution is -2.33. The van der Waals surface area contributed by atoms with Gasteiger partial charge in [0.2, 0.25) is 0 Å². The number of rotatable bonds is 4. The Labute approximate surface area is 85.6 Å².